The van der Waals surface area contributed by atoms with E-state index < -0.39 is 29.2 Å². The molecule has 0 aliphatic carbocycles. The zero-order valence-electron chi connectivity index (χ0n) is 15.3. The highest BCUT2D eigenvalue weighted by molar-refractivity contribution is 6.33. The van der Waals surface area contributed by atoms with Crippen LogP contribution >= 0.6 is 11.6 Å². The van der Waals surface area contributed by atoms with Crippen molar-refractivity contribution in [2.75, 3.05) is 31.1 Å². The summed E-state index contributed by atoms with van der Waals surface area (Å²) >= 11 is 6.24. The number of non-ortho nitro benzene ring substituents is 1. The number of aromatic nitrogens is 2. The number of anilines is 1. The van der Waals surface area contributed by atoms with Gasteiger partial charge >= 0.3 is 6.18 Å². The van der Waals surface area contributed by atoms with Crippen molar-refractivity contribution < 1.29 is 18.1 Å². The van der Waals surface area contributed by atoms with Crippen LogP contribution in [0.15, 0.2) is 35.3 Å². The van der Waals surface area contributed by atoms with Crippen LogP contribution in [0.4, 0.5) is 24.5 Å². The molecule has 1 aromatic heterocycles. The fourth-order valence-corrected chi connectivity index (χ4v) is 3.47. The van der Waals surface area contributed by atoms with Gasteiger partial charge < -0.3 is 4.90 Å². The fraction of sp³-hybridized carbons (Fsp3) is 0.412. The Bertz CT molecular complexity index is 964. The van der Waals surface area contributed by atoms with Crippen LogP contribution in [0.3, 0.4) is 0 Å². The first kappa shape index (κ1) is 21.1. The van der Waals surface area contributed by atoms with E-state index in [2.05, 4.69) is 5.10 Å². The number of hydrogen-bond acceptors (Lipinski definition) is 6. The summed E-state index contributed by atoms with van der Waals surface area (Å²) in [6.45, 7) is 1.39. The number of nitrogens with zero attached hydrogens (tertiary/aromatic N) is 5. The van der Waals surface area contributed by atoms with Crippen molar-refractivity contribution in [3.05, 3.63) is 56.0 Å². The highest BCUT2D eigenvalue weighted by Crippen LogP contribution is 2.26. The Kier molecular flexibility index (Phi) is 5.80. The van der Waals surface area contributed by atoms with E-state index in [4.69, 9.17) is 11.6 Å². The Labute approximate surface area is 168 Å². The molecule has 156 valence electrons. The van der Waals surface area contributed by atoms with Gasteiger partial charge in [-0.15, -0.1) is 0 Å². The Morgan fingerprint density at radius 3 is 2.48 bits per heavy atom. The molecule has 1 fully saturated rings. The maximum Gasteiger partial charge on any atom is 0.401 e. The van der Waals surface area contributed by atoms with Gasteiger partial charge in [-0.25, -0.2) is 0 Å². The molecule has 2 aromatic rings. The minimum absolute atomic E-state index is 0.116. The maximum atomic E-state index is 12.7. The fourth-order valence-electron chi connectivity index (χ4n) is 3.22. The highest BCUT2D eigenvalue weighted by atomic mass is 35.5. The van der Waals surface area contributed by atoms with Crippen molar-refractivity contribution in [1.29, 1.82) is 0 Å². The summed E-state index contributed by atoms with van der Waals surface area (Å²) in [5, 5.41) is 14.7. The molecular weight excluding hydrogens is 415 g/mol. The average molecular weight is 432 g/mol. The molecule has 1 aliphatic heterocycles. The first-order chi connectivity index (χ1) is 13.6. The number of benzene rings is 1. The molecule has 1 saturated heterocycles. The molecule has 2 heterocycles. The lowest BCUT2D eigenvalue weighted by Gasteiger charge is -2.41. The molecule has 8 nitrogen and oxygen atoms in total. The Hall–Kier alpha value is -2.66. The topological polar surface area (TPSA) is 84.5 Å². The number of piperazine rings is 1. The van der Waals surface area contributed by atoms with E-state index in [1.54, 1.807) is 11.8 Å². The monoisotopic (exact) mass is 431 g/mol. The van der Waals surface area contributed by atoms with Crippen LogP contribution in [0.1, 0.15) is 6.92 Å². The van der Waals surface area contributed by atoms with Crippen LogP contribution in [-0.4, -0.2) is 58.0 Å². The predicted molar refractivity (Wildman–Crippen MR) is 101 cm³/mol. The first-order valence-electron chi connectivity index (χ1n) is 8.65. The van der Waals surface area contributed by atoms with E-state index in [9.17, 15) is 28.1 Å². The van der Waals surface area contributed by atoms with Gasteiger partial charge in [-0.1, -0.05) is 11.6 Å². The Balaban J connectivity index is 1.81. The molecule has 1 aromatic carbocycles. The normalized spacial score (nSPS) is 18.1. The molecule has 0 N–H and O–H groups in total. The van der Waals surface area contributed by atoms with Crippen molar-refractivity contribution in [1.82, 2.24) is 14.7 Å². The minimum atomic E-state index is -4.28. The van der Waals surface area contributed by atoms with Crippen LogP contribution in [0.2, 0.25) is 5.02 Å². The van der Waals surface area contributed by atoms with Crippen LogP contribution in [0.5, 0.6) is 0 Å². The van der Waals surface area contributed by atoms with Gasteiger partial charge in [-0.2, -0.15) is 23.0 Å². The highest BCUT2D eigenvalue weighted by Gasteiger charge is 2.35. The van der Waals surface area contributed by atoms with Gasteiger partial charge in [0.05, 0.1) is 29.0 Å². The summed E-state index contributed by atoms with van der Waals surface area (Å²) in [6.07, 6.45) is -2.90. The van der Waals surface area contributed by atoms with Crippen molar-refractivity contribution >= 4 is 23.0 Å². The van der Waals surface area contributed by atoms with Crippen molar-refractivity contribution in [3.63, 3.8) is 0 Å². The van der Waals surface area contributed by atoms with Gasteiger partial charge in [0.25, 0.3) is 11.2 Å². The number of halogens is 4. The third-order valence-electron chi connectivity index (χ3n) is 4.69. The largest absolute Gasteiger partial charge is 0.401 e. The third kappa shape index (κ3) is 4.67. The van der Waals surface area contributed by atoms with Gasteiger partial charge in [0.1, 0.15) is 5.02 Å². The van der Waals surface area contributed by atoms with E-state index in [1.807, 2.05) is 0 Å². The molecule has 1 atom stereocenters. The second kappa shape index (κ2) is 7.99. The Morgan fingerprint density at radius 2 is 1.93 bits per heavy atom. The molecular formula is C17H17ClF3N5O3. The van der Waals surface area contributed by atoms with Crippen LogP contribution in [0, 0.1) is 10.1 Å². The lowest BCUT2D eigenvalue weighted by atomic mass is 10.1. The van der Waals surface area contributed by atoms with Crippen molar-refractivity contribution in [2.24, 2.45) is 0 Å². The van der Waals surface area contributed by atoms with E-state index in [0.717, 1.165) is 4.68 Å². The molecule has 0 spiro atoms. The van der Waals surface area contributed by atoms with E-state index in [-0.39, 0.29) is 30.3 Å². The molecule has 3 rings (SSSR count). The standard InChI is InChI=1S/C17H17ClF3N5O3/c1-11-9-23(6-7-24(11)10-17(19,20)21)14-8-22-25(16(27)15(14)18)12-2-4-13(5-3-12)26(28)29/h2-5,8,11H,6-7,9-10H2,1H3. The smallest absolute Gasteiger partial charge is 0.366 e. The summed E-state index contributed by atoms with van der Waals surface area (Å²) in [6, 6.07) is 4.85. The third-order valence-corrected chi connectivity index (χ3v) is 5.05. The number of alkyl halides is 3. The maximum absolute atomic E-state index is 12.7. The summed E-state index contributed by atoms with van der Waals surface area (Å²) < 4.78 is 39.0. The summed E-state index contributed by atoms with van der Waals surface area (Å²) in [5.74, 6) is 0. The van der Waals surface area contributed by atoms with Gasteiger partial charge in [-0.05, 0) is 19.1 Å². The zero-order valence-corrected chi connectivity index (χ0v) is 16.0. The van der Waals surface area contributed by atoms with Gasteiger partial charge in [0, 0.05) is 37.8 Å². The average Bonchev–Trinajstić information content (AvgIpc) is 2.65. The van der Waals surface area contributed by atoms with Crippen LogP contribution in [-0.2, 0) is 0 Å². The minimum Gasteiger partial charge on any atom is -0.366 e. The molecule has 29 heavy (non-hydrogen) atoms. The van der Waals surface area contributed by atoms with Gasteiger partial charge in [0.2, 0.25) is 0 Å². The number of nitro groups is 1. The van der Waals surface area contributed by atoms with Crippen molar-refractivity contribution in [2.45, 2.75) is 19.1 Å². The predicted octanol–water partition coefficient (Wildman–Crippen LogP) is 2.87. The first-order valence-corrected chi connectivity index (χ1v) is 9.03. The van der Waals surface area contributed by atoms with Crippen molar-refractivity contribution in [3.8, 4) is 5.69 Å². The molecule has 12 heteroatoms. The zero-order chi connectivity index (χ0) is 21.3. The van der Waals surface area contributed by atoms with Gasteiger partial charge in [-0.3, -0.25) is 19.8 Å². The van der Waals surface area contributed by atoms with E-state index >= 15 is 0 Å². The molecule has 1 unspecified atom stereocenters. The quantitative estimate of drug-likeness (QED) is 0.546. The lowest BCUT2D eigenvalue weighted by molar-refractivity contribution is -0.384. The number of nitro benzene ring substituents is 1. The second-order valence-corrected chi connectivity index (χ2v) is 7.09. The Morgan fingerprint density at radius 1 is 1.28 bits per heavy atom. The number of rotatable bonds is 4. The summed E-state index contributed by atoms with van der Waals surface area (Å²) in [4.78, 5) is 25.9. The molecule has 0 bridgehead atoms. The summed E-state index contributed by atoms with van der Waals surface area (Å²) in [7, 11) is 0. The number of hydrogen-bond donors (Lipinski definition) is 0. The van der Waals surface area contributed by atoms with Gasteiger partial charge in [0.15, 0.2) is 0 Å². The molecule has 0 saturated carbocycles. The molecule has 1 aliphatic rings. The SMILES string of the molecule is CC1CN(c2cnn(-c3ccc([N+](=O)[O-])cc3)c(=O)c2Cl)CCN1CC(F)(F)F. The molecule has 0 radical (unpaired) electrons. The van der Waals surface area contributed by atoms with Crippen LogP contribution < -0.4 is 10.5 Å². The van der Waals surface area contributed by atoms with Crippen LogP contribution in [0.25, 0.3) is 5.69 Å². The second-order valence-electron chi connectivity index (χ2n) is 6.71. The van der Waals surface area contributed by atoms with E-state index in [1.165, 1.54) is 35.4 Å². The molecule has 0 amide bonds. The van der Waals surface area contributed by atoms with E-state index in [0.29, 0.717) is 11.4 Å². The summed E-state index contributed by atoms with van der Waals surface area (Å²) in [5.41, 5.74) is -0.107. The lowest BCUT2D eigenvalue weighted by Crippen LogP contribution is -2.54.